The van der Waals surface area contributed by atoms with Crippen molar-refractivity contribution in [3.63, 3.8) is 0 Å². The number of hydrogen-bond acceptors (Lipinski definition) is 13. The van der Waals surface area contributed by atoms with E-state index in [9.17, 15) is 60.0 Å². The number of rotatable bonds is 14. The smallest absolute Gasteiger partial charge is 0.457 e. The molecule has 2 heterocycles. The molecule has 288 valence electrons. The molecule has 0 saturated carbocycles. The molecule has 0 N–H and O–H groups in total. The van der Waals surface area contributed by atoms with E-state index < -0.39 is 96.0 Å². The summed E-state index contributed by atoms with van der Waals surface area (Å²) in [6.45, 7) is -2.51. The second kappa shape index (κ2) is 14.3. The lowest BCUT2D eigenvalue weighted by atomic mass is 10.0. The summed E-state index contributed by atoms with van der Waals surface area (Å²) in [6, 6.07) is 11.1. The van der Waals surface area contributed by atoms with Crippen molar-refractivity contribution in [3.8, 4) is 11.5 Å². The van der Waals surface area contributed by atoms with Crippen LogP contribution in [0.3, 0.4) is 0 Å². The minimum absolute atomic E-state index is 0.0468. The minimum Gasteiger partial charge on any atom is -0.457 e. The van der Waals surface area contributed by atoms with Crippen molar-refractivity contribution in [1.82, 2.24) is 7.42 Å². The van der Waals surface area contributed by atoms with E-state index in [-0.39, 0.29) is 49.1 Å². The molecule has 2 fully saturated rings. The molecule has 0 unspecified atom stereocenters. The van der Waals surface area contributed by atoms with Gasteiger partial charge in [-0.2, -0.15) is 26.3 Å². The maximum atomic E-state index is 13.2. The molecule has 15 nitrogen and oxygen atoms in total. The lowest BCUT2D eigenvalue weighted by Crippen LogP contribution is -2.46. The number of nitrogens with zero attached hydrogens (tertiary/aromatic N) is 2. The van der Waals surface area contributed by atoms with Crippen molar-refractivity contribution in [2.45, 2.75) is 35.4 Å². The SMILES string of the molecule is CS(=O)(=O)N(CCC1(c2ccc(Oc3ccc(C4(CCN(S(C)(=O)=O)S(=O)(=O)C(F)(F)F)OCCO4)cc3)cc2)OCCO1)S(=O)(=O)C(F)(F)F. The molecule has 0 aliphatic carbocycles. The van der Waals surface area contributed by atoms with Gasteiger partial charge in [-0.1, -0.05) is 7.42 Å². The Kier molecular flexibility index (Phi) is 11.5. The van der Waals surface area contributed by atoms with Gasteiger partial charge in [0.2, 0.25) is 20.0 Å². The van der Waals surface area contributed by atoms with E-state index in [0.717, 1.165) is 0 Å². The molecular formula is C26H30F6N2O13S4. The lowest BCUT2D eigenvalue weighted by molar-refractivity contribution is -0.171. The van der Waals surface area contributed by atoms with Crippen molar-refractivity contribution in [3.05, 3.63) is 59.7 Å². The zero-order chi connectivity index (χ0) is 38.3. The Morgan fingerprint density at radius 1 is 0.569 bits per heavy atom. The summed E-state index contributed by atoms with van der Waals surface area (Å²) in [5, 5.41) is 0. The van der Waals surface area contributed by atoms with Gasteiger partial charge in [0.05, 0.1) is 38.9 Å². The minimum atomic E-state index is -6.27. The second-order valence-corrected chi connectivity index (χ2v) is 19.0. The average molecular weight is 821 g/mol. The predicted molar refractivity (Wildman–Crippen MR) is 162 cm³/mol. The summed E-state index contributed by atoms with van der Waals surface area (Å²) < 4.78 is 202. The monoisotopic (exact) mass is 820 g/mol. The van der Waals surface area contributed by atoms with Crippen LogP contribution in [0.15, 0.2) is 48.5 Å². The third kappa shape index (κ3) is 8.79. The van der Waals surface area contributed by atoms with Crippen molar-refractivity contribution >= 4 is 40.1 Å². The van der Waals surface area contributed by atoms with Gasteiger partial charge < -0.3 is 23.7 Å². The van der Waals surface area contributed by atoms with E-state index in [4.69, 9.17) is 23.7 Å². The standard InChI is InChI=1S/C26H30F6N2O13S4/c1-48(35,36)33(50(39,40)25(27,28)29)13-11-23(43-15-16-44-23)19-3-7-21(8-4-19)47-22-9-5-20(6-10-22)24(45-17-18-46-24)12-14-34(49(2,37)38)51(41,42)26(30,31)32/h3-10H,11-18H2,1-2H3. The van der Waals surface area contributed by atoms with Crippen LogP contribution in [-0.2, 0) is 70.6 Å². The fourth-order valence-electron chi connectivity index (χ4n) is 5.15. The highest BCUT2D eigenvalue weighted by Gasteiger charge is 2.55. The van der Waals surface area contributed by atoms with Gasteiger partial charge in [0.15, 0.2) is 11.6 Å². The Bertz CT molecular complexity index is 1850. The predicted octanol–water partition coefficient (Wildman–Crippen LogP) is 2.88. The number of alkyl halides is 6. The first-order valence-electron chi connectivity index (χ1n) is 14.3. The van der Waals surface area contributed by atoms with Crippen molar-refractivity contribution in [2.75, 3.05) is 52.0 Å². The molecule has 2 aromatic carbocycles. The molecule has 51 heavy (non-hydrogen) atoms. The number of benzene rings is 2. The highest BCUT2D eigenvalue weighted by atomic mass is 32.3. The summed E-state index contributed by atoms with van der Waals surface area (Å²) in [5.74, 6) is -3.26. The highest BCUT2D eigenvalue weighted by molar-refractivity contribution is 8.04. The van der Waals surface area contributed by atoms with Crippen LogP contribution in [0.5, 0.6) is 11.5 Å². The molecule has 0 bridgehead atoms. The summed E-state index contributed by atoms with van der Waals surface area (Å²) in [4.78, 5) is 0. The third-order valence-corrected chi connectivity index (χ3v) is 14.7. The summed E-state index contributed by atoms with van der Waals surface area (Å²) in [5.41, 5.74) is -11.4. The first kappa shape index (κ1) is 41.1. The molecule has 2 aromatic rings. The largest absolute Gasteiger partial charge is 0.512 e. The topological polar surface area (TPSA) is 189 Å². The van der Waals surface area contributed by atoms with E-state index in [1.54, 1.807) is 0 Å². The van der Waals surface area contributed by atoms with Gasteiger partial charge in [-0.05, 0) is 48.5 Å². The van der Waals surface area contributed by atoms with Crippen molar-refractivity contribution in [2.24, 2.45) is 0 Å². The van der Waals surface area contributed by atoms with Crippen LogP contribution < -0.4 is 4.74 Å². The summed E-state index contributed by atoms with van der Waals surface area (Å²) >= 11 is 0. The zero-order valence-electron chi connectivity index (χ0n) is 26.4. The van der Waals surface area contributed by atoms with Crippen LogP contribution >= 0.6 is 0 Å². The maximum absolute atomic E-state index is 13.2. The molecule has 0 aromatic heterocycles. The van der Waals surface area contributed by atoms with Gasteiger partial charge in [0.25, 0.3) is 0 Å². The maximum Gasteiger partial charge on any atom is 0.512 e. The van der Waals surface area contributed by atoms with E-state index in [2.05, 4.69) is 0 Å². The highest BCUT2D eigenvalue weighted by Crippen LogP contribution is 2.40. The van der Waals surface area contributed by atoms with Crippen molar-refractivity contribution < 1.29 is 83.7 Å². The van der Waals surface area contributed by atoms with Crippen molar-refractivity contribution in [1.29, 1.82) is 0 Å². The number of ether oxygens (including phenoxy) is 5. The molecular weight excluding hydrogens is 791 g/mol. The fraction of sp³-hybridized carbons (Fsp3) is 0.538. The zero-order valence-corrected chi connectivity index (χ0v) is 29.6. The molecule has 4 rings (SSSR count). The van der Waals surface area contributed by atoms with Crippen LogP contribution in [0.4, 0.5) is 26.3 Å². The normalized spacial score (nSPS) is 18.8. The fourth-order valence-corrected chi connectivity index (χ4v) is 10.5. The Labute approximate surface area is 289 Å². The first-order chi connectivity index (χ1) is 23.3. The quantitative estimate of drug-likeness (QED) is 0.253. The van der Waals surface area contributed by atoms with Gasteiger partial charge in [0, 0.05) is 37.1 Å². The molecule has 0 radical (unpaired) electrons. The number of sulfonamides is 4. The van der Waals surface area contributed by atoms with E-state index in [1.165, 1.54) is 48.5 Å². The third-order valence-electron chi connectivity index (χ3n) is 7.44. The van der Waals surface area contributed by atoms with Gasteiger partial charge in [-0.15, -0.1) is 0 Å². The number of halogens is 6. The second-order valence-electron chi connectivity index (χ2n) is 11.0. The van der Waals surface area contributed by atoms with E-state index >= 15 is 0 Å². The van der Waals surface area contributed by atoms with Gasteiger partial charge in [-0.3, -0.25) is 0 Å². The Hall–Kier alpha value is -2.62. The molecule has 0 atom stereocenters. The van der Waals surface area contributed by atoms with Crippen LogP contribution in [-0.4, -0.2) is 104 Å². The molecule has 2 saturated heterocycles. The van der Waals surface area contributed by atoms with E-state index in [1.807, 2.05) is 0 Å². The molecule has 0 spiro atoms. The number of hydrogen-bond donors (Lipinski definition) is 0. The van der Waals surface area contributed by atoms with Gasteiger partial charge in [-0.25, -0.2) is 33.7 Å². The molecule has 25 heteroatoms. The van der Waals surface area contributed by atoms with Gasteiger partial charge in [0.1, 0.15) is 11.5 Å². The molecule has 2 aliphatic heterocycles. The first-order valence-corrected chi connectivity index (χ1v) is 20.9. The lowest BCUT2D eigenvalue weighted by Gasteiger charge is -2.30. The van der Waals surface area contributed by atoms with Gasteiger partial charge >= 0.3 is 31.1 Å². The Morgan fingerprint density at radius 2 is 0.843 bits per heavy atom. The summed E-state index contributed by atoms with van der Waals surface area (Å²) in [7, 11) is -22.3. The molecule has 2 aliphatic rings. The Balaban J connectivity index is 1.50. The van der Waals surface area contributed by atoms with E-state index in [0.29, 0.717) is 12.5 Å². The van der Waals surface area contributed by atoms with Crippen LogP contribution in [0.25, 0.3) is 0 Å². The molecule has 0 amide bonds. The Morgan fingerprint density at radius 3 is 1.08 bits per heavy atom. The average Bonchev–Trinajstić information content (AvgIpc) is 3.67. The van der Waals surface area contributed by atoms with Crippen LogP contribution in [0.1, 0.15) is 24.0 Å². The summed E-state index contributed by atoms with van der Waals surface area (Å²) in [6.07, 6.45) is -0.674. The van der Waals surface area contributed by atoms with Crippen LogP contribution in [0.2, 0.25) is 0 Å². The van der Waals surface area contributed by atoms with Crippen LogP contribution in [0, 0.1) is 0 Å².